The minimum Gasteiger partial charge on any atom is -0.497 e. The summed E-state index contributed by atoms with van der Waals surface area (Å²) in [4.78, 5) is 31.4. The van der Waals surface area contributed by atoms with Gasteiger partial charge in [-0.05, 0) is 57.9 Å². The van der Waals surface area contributed by atoms with Crippen LogP contribution in [0.5, 0.6) is 5.75 Å². The fraction of sp³-hybridized carbons (Fsp3) is 0.652. The van der Waals surface area contributed by atoms with Crippen molar-refractivity contribution in [1.82, 2.24) is 20.0 Å². The van der Waals surface area contributed by atoms with Gasteiger partial charge in [-0.15, -0.1) is 0 Å². The lowest BCUT2D eigenvalue weighted by Gasteiger charge is -2.36. The van der Waals surface area contributed by atoms with Crippen molar-refractivity contribution in [1.29, 1.82) is 0 Å². The molecule has 1 aromatic carbocycles. The molecular weight excluding hydrogens is 380 g/mol. The topological polar surface area (TPSA) is 65.1 Å². The summed E-state index contributed by atoms with van der Waals surface area (Å²) in [6.07, 6.45) is 2.17. The van der Waals surface area contributed by atoms with E-state index in [1.165, 1.54) is 5.56 Å². The Kier molecular flexibility index (Phi) is 7.36. The Labute approximate surface area is 180 Å². The molecule has 1 N–H and O–H groups in total. The van der Waals surface area contributed by atoms with Gasteiger partial charge in [-0.2, -0.15) is 0 Å². The van der Waals surface area contributed by atoms with E-state index >= 15 is 0 Å². The predicted molar refractivity (Wildman–Crippen MR) is 117 cm³/mol. The van der Waals surface area contributed by atoms with Gasteiger partial charge in [0.2, 0.25) is 11.8 Å². The van der Waals surface area contributed by atoms with Crippen molar-refractivity contribution < 1.29 is 14.3 Å². The van der Waals surface area contributed by atoms with Crippen LogP contribution in [-0.2, 0) is 9.59 Å². The van der Waals surface area contributed by atoms with Gasteiger partial charge in [-0.1, -0.05) is 12.1 Å². The number of nitrogens with zero attached hydrogens (tertiary/aromatic N) is 3. The summed E-state index contributed by atoms with van der Waals surface area (Å²) in [7, 11) is 1.68. The standard InChI is InChI=1S/C23H36N4O3/c1-23(2,3)24-21(28)16-25-11-13-26(14-12-25)22(29)17-27-10-6-9-20(27)18-7-5-8-19(15-18)30-4/h5,7-8,15,20H,6,9-14,16-17H2,1-4H3,(H,24,28). The zero-order valence-corrected chi connectivity index (χ0v) is 18.8. The lowest BCUT2D eigenvalue weighted by Crippen LogP contribution is -2.54. The summed E-state index contributed by atoms with van der Waals surface area (Å²) in [5.74, 6) is 1.08. The van der Waals surface area contributed by atoms with E-state index in [-0.39, 0.29) is 23.4 Å². The van der Waals surface area contributed by atoms with Crippen molar-refractivity contribution >= 4 is 11.8 Å². The highest BCUT2D eigenvalue weighted by atomic mass is 16.5. The van der Waals surface area contributed by atoms with E-state index in [0.29, 0.717) is 26.2 Å². The highest BCUT2D eigenvalue weighted by Gasteiger charge is 2.30. The smallest absolute Gasteiger partial charge is 0.236 e. The molecule has 0 aliphatic carbocycles. The third-order valence-corrected chi connectivity index (χ3v) is 5.79. The maximum Gasteiger partial charge on any atom is 0.236 e. The van der Waals surface area contributed by atoms with Crippen LogP contribution in [0.1, 0.15) is 45.2 Å². The molecule has 166 valence electrons. The van der Waals surface area contributed by atoms with Crippen LogP contribution in [0, 0.1) is 0 Å². The number of ether oxygens (including phenoxy) is 1. The highest BCUT2D eigenvalue weighted by Crippen LogP contribution is 2.33. The van der Waals surface area contributed by atoms with Crippen LogP contribution in [0.15, 0.2) is 24.3 Å². The molecule has 1 unspecified atom stereocenters. The first kappa shape index (κ1) is 22.6. The molecule has 2 saturated heterocycles. The average molecular weight is 417 g/mol. The van der Waals surface area contributed by atoms with Gasteiger partial charge in [0.05, 0.1) is 20.2 Å². The number of carbonyl (C=O) groups excluding carboxylic acids is 2. The summed E-state index contributed by atoms with van der Waals surface area (Å²) < 4.78 is 5.36. The summed E-state index contributed by atoms with van der Waals surface area (Å²) in [6.45, 7) is 10.6. The fourth-order valence-corrected chi connectivity index (χ4v) is 4.33. The van der Waals surface area contributed by atoms with Crippen molar-refractivity contribution in [3.05, 3.63) is 29.8 Å². The van der Waals surface area contributed by atoms with E-state index in [9.17, 15) is 9.59 Å². The van der Waals surface area contributed by atoms with Gasteiger partial charge in [0.25, 0.3) is 0 Å². The summed E-state index contributed by atoms with van der Waals surface area (Å²) in [6, 6.07) is 8.44. The van der Waals surface area contributed by atoms with Crippen LogP contribution >= 0.6 is 0 Å². The number of piperazine rings is 1. The van der Waals surface area contributed by atoms with Crippen LogP contribution in [-0.4, -0.2) is 85.0 Å². The Balaban J connectivity index is 1.49. The van der Waals surface area contributed by atoms with Gasteiger partial charge in [-0.25, -0.2) is 0 Å². The van der Waals surface area contributed by atoms with E-state index < -0.39 is 0 Å². The highest BCUT2D eigenvalue weighted by molar-refractivity contribution is 5.79. The zero-order valence-electron chi connectivity index (χ0n) is 18.8. The van der Waals surface area contributed by atoms with Gasteiger partial charge < -0.3 is 15.0 Å². The molecule has 2 fully saturated rings. The SMILES string of the molecule is COc1cccc(C2CCCN2CC(=O)N2CCN(CC(=O)NC(C)(C)C)CC2)c1. The van der Waals surface area contributed by atoms with E-state index in [4.69, 9.17) is 4.74 Å². The maximum absolute atomic E-state index is 12.9. The molecule has 2 heterocycles. The number of carbonyl (C=O) groups is 2. The molecule has 0 radical (unpaired) electrons. The molecule has 3 rings (SSSR count). The minimum absolute atomic E-state index is 0.0421. The molecule has 2 aliphatic heterocycles. The largest absolute Gasteiger partial charge is 0.497 e. The summed E-state index contributed by atoms with van der Waals surface area (Å²) in [5, 5.41) is 3.00. The third-order valence-electron chi connectivity index (χ3n) is 5.79. The normalized spacial score (nSPS) is 20.9. The molecule has 1 atom stereocenters. The van der Waals surface area contributed by atoms with Gasteiger partial charge in [0.15, 0.2) is 0 Å². The number of hydrogen-bond donors (Lipinski definition) is 1. The quantitative estimate of drug-likeness (QED) is 0.767. The van der Waals surface area contributed by atoms with Gasteiger partial charge in [-0.3, -0.25) is 19.4 Å². The van der Waals surface area contributed by atoms with Crippen LogP contribution < -0.4 is 10.1 Å². The minimum atomic E-state index is -0.218. The van der Waals surface area contributed by atoms with Gasteiger partial charge in [0.1, 0.15) is 5.75 Å². The second-order valence-electron chi connectivity index (χ2n) is 9.36. The van der Waals surface area contributed by atoms with Crippen molar-refractivity contribution in [2.24, 2.45) is 0 Å². The van der Waals surface area contributed by atoms with Gasteiger partial charge in [0, 0.05) is 37.8 Å². The Morgan fingerprint density at radius 2 is 1.83 bits per heavy atom. The van der Waals surface area contributed by atoms with Gasteiger partial charge >= 0.3 is 0 Å². The van der Waals surface area contributed by atoms with Crippen molar-refractivity contribution in [3.63, 3.8) is 0 Å². The fourth-order valence-electron chi connectivity index (χ4n) is 4.33. The number of nitrogens with one attached hydrogen (secondary N) is 1. The molecule has 1 aromatic rings. The molecule has 0 aromatic heterocycles. The Morgan fingerprint density at radius 3 is 2.50 bits per heavy atom. The molecule has 30 heavy (non-hydrogen) atoms. The first-order chi connectivity index (χ1) is 14.2. The van der Waals surface area contributed by atoms with Crippen LogP contribution in [0.25, 0.3) is 0 Å². The van der Waals surface area contributed by atoms with Crippen LogP contribution in [0.4, 0.5) is 0 Å². The first-order valence-corrected chi connectivity index (χ1v) is 10.9. The van der Waals surface area contributed by atoms with E-state index in [1.807, 2.05) is 37.8 Å². The predicted octanol–water partition coefficient (Wildman–Crippen LogP) is 1.89. The Hall–Kier alpha value is -2.12. The van der Waals surface area contributed by atoms with E-state index in [0.717, 1.165) is 38.2 Å². The lowest BCUT2D eigenvalue weighted by atomic mass is 10.0. The first-order valence-electron chi connectivity index (χ1n) is 10.9. The number of rotatable bonds is 6. The molecule has 0 bridgehead atoms. The summed E-state index contributed by atoms with van der Waals surface area (Å²) >= 11 is 0. The Morgan fingerprint density at radius 1 is 1.10 bits per heavy atom. The second kappa shape index (κ2) is 9.79. The molecule has 2 amide bonds. The number of benzene rings is 1. The summed E-state index contributed by atoms with van der Waals surface area (Å²) in [5.41, 5.74) is 0.999. The monoisotopic (exact) mass is 416 g/mol. The number of methoxy groups -OCH3 is 1. The molecule has 0 spiro atoms. The second-order valence-corrected chi connectivity index (χ2v) is 9.36. The lowest BCUT2D eigenvalue weighted by molar-refractivity contribution is -0.134. The maximum atomic E-state index is 12.9. The molecule has 7 heteroatoms. The average Bonchev–Trinajstić information content (AvgIpc) is 3.15. The molecule has 7 nitrogen and oxygen atoms in total. The zero-order chi connectivity index (χ0) is 21.7. The number of hydrogen-bond acceptors (Lipinski definition) is 5. The van der Waals surface area contributed by atoms with E-state index in [1.54, 1.807) is 7.11 Å². The van der Waals surface area contributed by atoms with E-state index in [2.05, 4.69) is 27.2 Å². The number of likely N-dealkylation sites (tertiary alicyclic amines) is 1. The van der Waals surface area contributed by atoms with Crippen molar-refractivity contribution in [2.45, 2.75) is 45.2 Å². The third kappa shape index (κ3) is 6.19. The molecule has 0 saturated carbocycles. The molecule has 2 aliphatic rings. The van der Waals surface area contributed by atoms with Crippen molar-refractivity contribution in [2.75, 3.05) is 52.9 Å². The van der Waals surface area contributed by atoms with Crippen LogP contribution in [0.2, 0.25) is 0 Å². The number of amides is 2. The Bertz CT molecular complexity index is 738. The van der Waals surface area contributed by atoms with Crippen molar-refractivity contribution in [3.8, 4) is 5.75 Å². The molecular formula is C23H36N4O3. The van der Waals surface area contributed by atoms with Crippen LogP contribution in [0.3, 0.4) is 0 Å².